The summed E-state index contributed by atoms with van der Waals surface area (Å²) in [6.45, 7) is 7.48. The molecule has 0 amide bonds. The van der Waals surface area contributed by atoms with Crippen LogP contribution in [0, 0.1) is 17.6 Å². The molecule has 2 nitrogen and oxygen atoms in total. The highest BCUT2D eigenvalue weighted by Crippen LogP contribution is 2.30. The predicted octanol–water partition coefficient (Wildman–Crippen LogP) is 4.02. The van der Waals surface area contributed by atoms with Crippen molar-refractivity contribution in [3.8, 4) is 0 Å². The monoisotopic (exact) mass is 267 g/mol. The van der Waals surface area contributed by atoms with E-state index in [0.717, 1.165) is 24.6 Å². The Hall–Kier alpha value is -1.42. The highest BCUT2D eigenvalue weighted by atomic mass is 19.1. The summed E-state index contributed by atoms with van der Waals surface area (Å²) < 4.78 is 32.7. The zero-order valence-corrected chi connectivity index (χ0v) is 11.5. The quantitative estimate of drug-likeness (QED) is 0.885. The molecule has 2 rings (SSSR count). The van der Waals surface area contributed by atoms with Crippen LogP contribution in [0.15, 0.2) is 16.5 Å². The van der Waals surface area contributed by atoms with Crippen LogP contribution in [0.1, 0.15) is 32.1 Å². The number of nitrogens with one attached hydrogen (secondary N) is 1. The van der Waals surface area contributed by atoms with E-state index in [0.29, 0.717) is 23.6 Å². The Morgan fingerprint density at radius 1 is 1.26 bits per heavy atom. The molecule has 0 unspecified atom stereocenters. The SMILES string of the molecule is CCNCc1oc2c(F)cc(F)cc2c1CC(C)C. The van der Waals surface area contributed by atoms with E-state index in [1.165, 1.54) is 6.07 Å². The summed E-state index contributed by atoms with van der Waals surface area (Å²) >= 11 is 0. The topological polar surface area (TPSA) is 25.2 Å². The minimum Gasteiger partial charge on any atom is -0.456 e. The van der Waals surface area contributed by atoms with Gasteiger partial charge in [-0.2, -0.15) is 0 Å². The predicted molar refractivity (Wildman–Crippen MR) is 72.1 cm³/mol. The van der Waals surface area contributed by atoms with Gasteiger partial charge in [0, 0.05) is 17.0 Å². The number of hydrogen-bond acceptors (Lipinski definition) is 2. The number of hydrogen-bond donors (Lipinski definition) is 1. The van der Waals surface area contributed by atoms with Crippen LogP contribution in [-0.4, -0.2) is 6.54 Å². The van der Waals surface area contributed by atoms with Gasteiger partial charge >= 0.3 is 0 Å². The Labute approximate surface area is 111 Å². The molecule has 2 aromatic rings. The van der Waals surface area contributed by atoms with Gasteiger partial charge in [-0.15, -0.1) is 0 Å². The first-order valence-corrected chi connectivity index (χ1v) is 6.63. The molecule has 1 heterocycles. The highest BCUT2D eigenvalue weighted by molar-refractivity contribution is 5.83. The van der Waals surface area contributed by atoms with Crippen LogP contribution in [0.2, 0.25) is 0 Å². The van der Waals surface area contributed by atoms with E-state index in [9.17, 15) is 8.78 Å². The third-order valence-corrected chi connectivity index (χ3v) is 3.04. The fourth-order valence-electron chi connectivity index (χ4n) is 2.24. The Bertz CT molecular complexity index is 575. The molecule has 104 valence electrons. The molecule has 1 N–H and O–H groups in total. The van der Waals surface area contributed by atoms with Crippen LogP contribution in [0.5, 0.6) is 0 Å². The molecule has 0 bridgehead atoms. The van der Waals surface area contributed by atoms with Crippen LogP contribution >= 0.6 is 0 Å². The number of fused-ring (bicyclic) bond motifs is 1. The van der Waals surface area contributed by atoms with E-state index in [1.54, 1.807) is 0 Å². The molecule has 0 spiro atoms. The standard InChI is InChI=1S/C15H19F2NO/c1-4-18-8-14-11(5-9(2)3)12-6-10(16)7-13(17)15(12)19-14/h6-7,9,18H,4-5,8H2,1-3H3. The second-order valence-electron chi connectivity index (χ2n) is 5.15. The van der Waals surface area contributed by atoms with Gasteiger partial charge in [0.25, 0.3) is 0 Å². The maximum absolute atomic E-state index is 13.7. The number of rotatable bonds is 5. The average molecular weight is 267 g/mol. The van der Waals surface area contributed by atoms with Crippen molar-refractivity contribution in [2.45, 2.75) is 33.7 Å². The van der Waals surface area contributed by atoms with Crippen LogP contribution in [0.3, 0.4) is 0 Å². The minimum absolute atomic E-state index is 0.157. The van der Waals surface area contributed by atoms with Gasteiger partial charge in [-0.05, 0) is 24.9 Å². The fraction of sp³-hybridized carbons (Fsp3) is 0.467. The summed E-state index contributed by atoms with van der Waals surface area (Å²) in [5, 5.41) is 3.72. The van der Waals surface area contributed by atoms with E-state index in [2.05, 4.69) is 19.2 Å². The van der Waals surface area contributed by atoms with Gasteiger partial charge in [0.1, 0.15) is 11.6 Å². The second-order valence-corrected chi connectivity index (χ2v) is 5.15. The fourth-order valence-corrected chi connectivity index (χ4v) is 2.24. The van der Waals surface area contributed by atoms with Gasteiger partial charge in [-0.25, -0.2) is 8.78 Å². The molecular weight excluding hydrogens is 248 g/mol. The second kappa shape index (κ2) is 5.70. The molecular formula is C15H19F2NO. The van der Waals surface area contributed by atoms with Gasteiger partial charge in [0.15, 0.2) is 11.4 Å². The lowest BCUT2D eigenvalue weighted by Gasteiger charge is -2.06. The van der Waals surface area contributed by atoms with Gasteiger partial charge in [-0.1, -0.05) is 20.8 Å². The Morgan fingerprint density at radius 2 is 2.00 bits per heavy atom. The van der Waals surface area contributed by atoms with Crippen molar-refractivity contribution in [3.63, 3.8) is 0 Å². The van der Waals surface area contributed by atoms with Crippen molar-refractivity contribution in [2.75, 3.05) is 6.54 Å². The zero-order chi connectivity index (χ0) is 14.0. The average Bonchev–Trinajstić information content (AvgIpc) is 2.65. The van der Waals surface area contributed by atoms with Crippen molar-refractivity contribution in [3.05, 3.63) is 35.1 Å². The van der Waals surface area contributed by atoms with E-state index < -0.39 is 11.6 Å². The van der Waals surface area contributed by atoms with Gasteiger partial charge in [0.2, 0.25) is 0 Å². The van der Waals surface area contributed by atoms with Crippen LogP contribution in [-0.2, 0) is 13.0 Å². The lowest BCUT2D eigenvalue weighted by atomic mass is 9.99. The van der Waals surface area contributed by atoms with Gasteiger partial charge in [-0.3, -0.25) is 0 Å². The van der Waals surface area contributed by atoms with Crippen molar-refractivity contribution >= 4 is 11.0 Å². The van der Waals surface area contributed by atoms with Crippen LogP contribution < -0.4 is 5.32 Å². The molecule has 0 aliphatic carbocycles. The smallest absolute Gasteiger partial charge is 0.170 e. The number of benzene rings is 1. The molecule has 19 heavy (non-hydrogen) atoms. The first-order valence-electron chi connectivity index (χ1n) is 6.63. The first kappa shape index (κ1) is 14.0. The molecule has 0 radical (unpaired) electrons. The van der Waals surface area contributed by atoms with E-state index in [1.807, 2.05) is 6.92 Å². The normalized spacial score (nSPS) is 11.7. The summed E-state index contributed by atoms with van der Waals surface area (Å²) in [7, 11) is 0. The van der Waals surface area contributed by atoms with E-state index in [-0.39, 0.29) is 5.58 Å². The lowest BCUT2D eigenvalue weighted by molar-refractivity contribution is 0.487. The summed E-state index contributed by atoms with van der Waals surface area (Å²) in [5.74, 6) is -0.101. The molecule has 1 aromatic carbocycles. The van der Waals surface area contributed by atoms with E-state index >= 15 is 0 Å². The van der Waals surface area contributed by atoms with Gasteiger partial charge < -0.3 is 9.73 Å². The van der Waals surface area contributed by atoms with Crippen molar-refractivity contribution in [1.29, 1.82) is 0 Å². The molecule has 0 saturated heterocycles. The van der Waals surface area contributed by atoms with Gasteiger partial charge in [0.05, 0.1) is 6.54 Å². The van der Waals surface area contributed by atoms with Crippen LogP contribution in [0.4, 0.5) is 8.78 Å². The maximum Gasteiger partial charge on any atom is 0.170 e. The molecule has 4 heteroatoms. The third-order valence-electron chi connectivity index (χ3n) is 3.04. The maximum atomic E-state index is 13.7. The lowest BCUT2D eigenvalue weighted by Crippen LogP contribution is -2.12. The molecule has 0 fully saturated rings. The van der Waals surface area contributed by atoms with Crippen LogP contribution in [0.25, 0.3) is 11.0 Å². The molecule has 1 aromatic heterocycles. The zero-order valence-electron chi connectivity index (χ0n) is 11.5. The van der Waals surface area contributed by atoms with E-state index in [4.69, 9.17) is 4.42 Å². The largest absolute Gasteiger partial charge is 0.456 e. The Morgan fingerprint density at radius 3 is 2.63 bits per heavy atom. The van der Waals surface area contributed by atoms with Crippen molar-refractivity contribution in [1.82, 2.24) is 5.32 Å². The summed E-state index contributed by atoms with van der Waals surface area (Å²) in [4.78, 5) is 0. The Balaban J connectivity index is 2.56. The molecule has 0 aliphatic rings. The number of halogens is 2. The molecule has 0 atom stereocenters. The minimum atomic E-state index is -0.636. The highest BCUT2D eigenvalue weighted by Gasteiger charge is 2.18. The Kier molecular flexibility index (Phi) is 4.20. The van der Waals surface area contributed by atoms with Crippen molar-refractivity contribution < 1.29 is 13.2 Å². The summed E-state index contributed by atoms with van der Waals surface area (Å²) in [5.41, 5.74) is 1.06. The molecule has 0 aliphatic heterocycles. The molecule has 0 saturated carbocycles. The van der Waals surface area contributed by atoms with Crippen molar-refractivity contribution in [2.24, 2.45) is 5.92 Å². The first-order chi connectivity index (χ1) is 9.02. The summed E-state index contributed by atoms with van der Waals surface area (Å²) in [6.07, 6.45) is 0.747. The summed E-state index contributed by atoms with van der Waals surface area (Å²) in [6, 6.07) is 2.22. The third kappa shape index (κ3) is 2.95. The number of furan rings is 1.